The van der Waals surface area contributed by atoms with Gasteiger partial charge in [0, 0.05) is 17.9 Å². The van der Waals surface area contributed by atoms with E-state index in [0.29, 0.717) is 6.04 Å². The molecule has 0 amide bonds. The van der Waals surface area contributed by atoms with Crippen LogP contribution in [0.15, 0.2) is 6.33 Å². The van der Waals surface area contributed by atoms with Crippen LogP contribution in [0.1, 0.15) is 45.5 Å². The first-order chi connectivity index (χ1) is 8.19. The second-order valence-electron chi connectivity index (χ2n) is 4.53. The van der Waals surface area contributed by atoms with E-state index in [1.165, 1.54) is 12.8 Å². The quantitative estimate of drug-likeness (QED) is 0.693. The summed E-state index contributed by atoms with van der Waals surface area (Å²) in [6.45, 7) is 9.59. The Bertz CT molecular complexity index is 311. The van der Waals surface area contributed by atoms with Gasteiger partial charge < -0.3 is 0 Å². The van der Waals surface area contributed by atoms with Crippen LogP contribution in [0.5, 0.6) is 0 Å². The topological polar surface area (TPSA) is 34.0 Å². The van der Waals surface area contributed by atoms with E-state index in [0.717, 1.165) is 30.8 Å². The number of unbranched alkanes of at least 4 members (excludes halogenated alkanes) is 1. The van der Waals surface area contributed by atoms with Crippen LogP contribution in [0.3, 0.4) is 0 Å². The lowest BCUT2D eigenvalue weighted by Gasteiger charge is -2.21. The van der Waals surface area contributed by atoms with Gasteiger partial charge in [-0.2, -0.15) is 5.10 Å². The largest absolute Gasteiger partial charge is 0.295 e. The number of halogens is 1. The van der Waals surface area contributed by atoms with Gasteiger partial charge >= 0.3 is 0 Å². The molecule has 0 aliphatic carbocycles. The summed E-state index contributed by atoms with van der Waals surface area (Å²) in [5.41, 5.74) is 0. The Balaban J connectivity index is 2.61. The van der Waals surface area contributed by atoms with Crippen LogP contribution in [0.25, 0.3) is 0 Å². The first kappa shape index (κ1) is 14.6. The molecule has 0 atom stereocenters. The van der Waals surface area contributed by atoms with E-state index in [1.54, 1.807) is 6.33 Å². The molecule has 0 aliphatic rings. The molecule has 0 radical (unpaired) electrons. The SMILES string of the molecule is CCCCN(CCBr)Cc1ncnn1C(C)C. The summed E-state index contributed by atoms with van der Waals surface area (Å²) in [5.74, 6) is 1.07. The summed E-state index contributed by atoms with van der Waals surface area (Å²) in [6.07, 6.45) is 4.12. The minimum atomic E-state index is 0.379. The number of hydrogen-bond donors (Lipinski definition) is 0. The molecular weight excluding hydrogens is 280 g/mol. The van der Waals surface area contributed by atoms with Gasteiger partial charge in [0.1, 0.15) is 12.2 Å². The van der Waals surface area contributed by atoms with Crippen LogP contribution in [-0.2, 0) is 6.54 Å². The van der Waals surface area contributed by atoms with Crippen LogP contribution in [0.4, 0.5) is 0 Å². The Morgan fingerprint density at radius 3 is 2.76 bits per heavy atom. The highest BCUT2D eigenvalue weighted by Crippen LogP contribution is 2.09. The fraction of sp³-hybridized carbons (Fsp3) is 0.833. The minimum absolute atomic E-state index is 0.379. The second kappa shape index (κ2) is 7.82. The Kier molecular flexibility index (Phi) is 6.73. The number of hydrogen-bond acceptors (Lipinski definition) is 3. The Labute approximate surface area is 113 Å². The third kappa shape index (κ3) is 4.76. The molecule has 1 aromatic rings. The molecule has 0 spiro atoms. The van der Waals surface area contributed by atoms with Gasteiger partial charge in [0.25, 0.3) is 0 Å². The third-order valence-corrected chi connectivity index (χ3v) is 3.08. The van der Waals surface area contributed by atoms with Crippen LogP contribution in [0.2, 0.25) is 0 Å². The van der Waals surface area contributed by atoms with E-state index in [9.17, 15) is 0 Å². The van der Waals surface area contributed by atoms with Gasteiger partial charge in [0.15, 0.2) is 0 Å². The van der Waals surface area contributed by atoms with Crippen LogP contribution < -0.4 is 0 Å². The van der Waals surface area contributed by atoms with Gasteiger partial charge in [0.2, 0.25) is 0 Å². The van der Waals surface area contributed by atoms with Crippen molar-refractivity contribution in [2.75, 3.05) is 18.4 Å². The van der Waals surface area contributed by atoms with Crippen molar-refractivity contribution >= 4 is 15.9 Å². The van der Waals surface area contributed by atoms with Crippen molar-refractivity contribution in [1.29, 1.82) is 0 Å². The molecule has 0 saturated carbocycles. The van der Waals surface area contributed by atoms with Gasteiger partial charge in [-0.05, 0) is 26.8 Å². The molecule has 0 fully saturated rings. The predicted molar refractivity (Wildman–Crippen MR) is 74.4 cm³/mol. The standard InChI is InChI=1S/C12H23BrN4/c1-4-5-7-16(8-6-13)9-12-14-10-15-17(12)11(2)3/h10-11H,4-9H2,1-3H3. The number of nitrogens with zero attached hydrogens (tertiary/aromatic N) is 4. The first-order valence-electron chi connectivity index (χ1n) is 6.35. The zero-order valence-corrected chi connectivity index (χ0v) is 12.7. The van der Waals surface area contributed by atoms with Crippen LogP contribution in [-0.4, -0.2) is 38.1 Å². The van der Waals surface area contributed by atoms with Gasteiger partial charge in [-0.25, -0.2) is 9.67 Å². The fourth-order valence-electron chi connectivity index (χ4n) is 1.79. The highest BCUT2D eigenvalue weighted by Gasteiger charge is 2.11. The molecule has 0 aliphatic heterocycles. The molecule has 1 rings (SSSR count). The summed E-state index contributed by atoms with van der Waals surface area (Å²) >= 11 is 3.51. The van der Waals surface area contributed by atoms with E-state index < -0.39 is 0 Å². The zero-order chi connectivity index (χ0) is 12.7. The maximum absolute atomic E-state index is 4.36. The van der Waals surface area contributed by atoms with Crippen molar-refractivity contribution in [2.24, 2.45) is 0 Å². The van der Waals surface area contributed by atoms with E-state index in [2.05, 4.69) is 51.7 Å². The minimum Gasteiger partial charge on any atom is -0.295 e. The van der Waals surface area contributed by atoms with Crippen molar-refractivity contribution in [3.63, 3.8) is 0 Å². The lowest BCUT2D eigenvalue weighted by Crippen LogP contribution is -2.28. The zero-order valence-electron chi connectivity index (χ0n) is 11.1. The summed E-state index contributed by atoms with van der Waals surface area (Å²) in [5, 5.41) is 5.28. The van der Waals surface area contributed by atoms with Gasteiger partial charge in [-0.3, -0.25) is 4.90 Å². The van der Waals surface area contributed by atoms with Crippen molar-refractivity contribution < 1.29 is 0 Å². The van der Waals surface area contributed by atoms with Crippen molar-refractivity contribution in [3.8, 4) is 0 Å². The number of rotatable bonds is 8. The van der Waals surface area contributed by atoms with E-state index in [1.807, 2.05) is 4.68 Å². The highest BCUT2D eigenvalue weighted by molar-refractivity contribution is 9.09. The molecule has 0 saturated heterocycles. The summed E-state index contributed by atoms with van der Waals surface area (Å²) in [6, 6.07) is 0.379. The smallest absolute Gasteiger partial charge is 0.141 e. The van der Waals surface area contributed by atoms with E-state index >= 15 is 0 Å². The highest BCUT2D eigenvalue weighted by atomic mass is 79.9. The third-order valence-electron chi connectivity index (χ3n) is 2.73. The number of aromatic nitrogens is 3. The van der Waals surface area contributed by atoms with Crippen molar-refractivity contribution in [1.82, 2.24) is 19.7 Å². The molecule has 5 heteroatoms. The lowest BCUT2D eigenvalue weighted by molar-refractivity contribution is 0.263. The number of alkyl halides is 1. The predicted octanol–water partition coefficient (Wildman–Crippen LogP) is 2.86. The Morgan fingerprint density at radius 1 is 1.41 bits per heavy atom. The maximum Gasteiger partial charge on any atom is 0.141 e. The molecule has 98 valence electrons. The van der Waals surface area contributed by atoms with Gasteiger partial charge in [-0.15, -0.1) is 0 Å². The van der Waals surface area contributed by atoms with Crippen LogP contribution in [0, 0.1) is 0 Å². The molecule has 0 N–H and O–H groups in total. The molecule has 0 aromatic carbocycles. The van der Waals surface area contributed by atoms with Crippen LogP contribution >= 0.6 is 15.9 Å². The monoisotopic (exact) mass is 302 g/mol. The average Bonchev–Trinajstić information content (AvgIpc) is 2.74. The van der Waals surface area contributed by atoms with E-state index in [-0.39, 0.29) is 0 Å². The van der Waals surface area contributed by atoms with E-state index in [4.69, 9.17) is 0 Å². The Morgan fingerprint density at radius 2 is 2.18 bits per heavy atom. The molecular formula is C12H23BrN4. The first-order valence-corrected chi connectivity index (χ1v) is 7.47. The molecule has 17 heavy (non-hydrogen) atoms. The summed E-state index contributed by atoms with van der Waals surface area (Å²) < 4.78 is 2.01. The molecule has 0 unspecified atom stereocenters. The summed E-state index contributed by atoms with van der Waals surface area (Å²) in [7, 11) is 0. The summed E-state index contributed by atoms with van der Waals surface area (Å²) in [4.78, 5) is 6.79. The average molecular weight is 303 g/mol. The van der Waals surface area contributed by atoms with Crippen molar-refractivity contribution in [2.45, 2.75) is 46.2 Å². The second-order valence-corrected chi connectivity index (χ2v) is 5.33. The molecule has 1 aromatic heterocycles. The van der Waals surface area contributed by atoms with Gasteiger partial charge in [0.05, 0.1) is 6.54 Å². The maximum atomic E-state index is 4.36. The lowest BCUT2D eigenvalue weighted by atomic mass is 10.3. The van der Waals surface area contributed by atoms with Crippen molar-refractivity contribution in [3.05, 3.63) is 12.2 Å². The van der Waals surface area contributed by atoms with Gasteiger partial charge in [-0.1, -0.05) is 29.3 Å². The normalized spacial score (nSPS) is 11.6. The molecule has 4 nitrogen and oxygen atoms in total. The Hall–Kier alpha value is -0.420. The molecule has 1 heterocycles. The fourth-order valence-corrected chi connectivity index (χ4v) is 2.29. The molecule has 0 bridgehead atoms.